The van der Waals surface area contributed by atoms with Crippen LogP contribution in [0, 0.1) is 10.1 Å². The Kier molecular flexibility index (Phi) is 5.19. The summed E-state index contributed by atoms with van der Waals surface area (Å²) in [6.07, 6.45) is 1.88. The number of nitrogens with one attached hydrogen (secondary N) is 2. The molecule has 0 saturated carbocycles. The Bertz CT molecular complexity index is 1430. The van der Waals surface area contributed by atoms with Crippen LogP contribution in [0.5, 0.6) is 0 Å². The molecule has 0 atom stereocenters. The van der Waals surface area contributed by atoms with Gasteiger partial charge in [0.05, 0.1) is 4.92 Å². The molecule has 0 amide bonds. The summed E-state index contributed by atoms with van der Waals surface area (Å²) < 4.78 is 1.47. The summed E-state index contributed by atoms with van der Waals surface area (Å²) in [5.74, 6) is 1.26. The number of aromatic nitrogens is 7. The minimum atomic E-state index is -0.468. The van der Waals surface area contributed by atoms with E-state index >= 15 is 0 Å². The normalized spacial score (nSPS) is 11.1. The zero-order valence-corrected chi connectivity index (χ0v) is 17.6. The third kappa shape index (κ3) is 3.87. The fourth-order valence-electron chi connectivity index (χ4n) is 3.65. The van der Waals surface area contributed by atoms with Crippen LogP contribution in [0.25, 0.3) is 28.2 Å². The molecule has 11 heteroatoms. The Morgan fingerprint density at radius 2 is 1.91 bits per heavy atom. The molecular weight excluding hydrogens is 422 g/mol. The largest absolute Gasteiger partial charge is 0.366 e. The van der Waals surface area contributed by atoms with Crippen molar-refractivity contribution in [2.45, 2.75) is 19.9 Å². The van der Waals surface area contributed by atoms with E-state index in [2.05, 4.69) is 36.0 Å². The third-order valence-electron chi connectivity index (χ3n) is 5.33. The first kappa shape index (κ1) is 20.2. The van der Waals surface area contributed by atoms with Crippen molar-refractivity contribution in [2.24, 2.45) is 0 Å². The van der Waals surface area contributed by atoms with Crippen molar-refractivity contribution < 1.29 is 4.92 Å². The number of anilines is 1. The van der Waals surface area contributed by atoms with E-state index in [-0.39, 0.29) is 11.3 Å². The van der Waals surface area contributed by atoms with Crippen molar-refractivity contribution in [1.82, 2.24) is 35.2 Å². The third-order valence-corrected chi connectivity index (χ3v) is 5.33. The van der Waals surface area contributed by atoms with Gasteiger partial charge >= 0.3 is 5.69 Å². The molecule has 0 fully saturated rings. The second-order valence-corrected chi connectivity index (χ2v) is 7.35. The van der Waals surface area contributed by atoms with Gasteiger partial charge in [0.1, 0.15) is 12.0 Å². The van der Waals surface area contributed by atoms with Crippen LogP contribution in [0.2, 0.25) is 0 Å². The van der Waals surface area contributed by atoms with E-state index < -0.39 is 4.92 Å². The highest BCUT2D eigenvalue weighted by atomic mass is 16.6. The molecule has 5 rings (SSSR count). The number of hydrogen-bond donors (Lipinski definition) is 2. The van der Waals surface area contributed by atoms with Crippen LogP contribution in [0.4, 0.5) is 11.5 Å². The van der Waals surface area contributed by atoms with Crippen molar-refractivity contribution in [1.29, 1.82) is 0 Å². The zero-order chi connectivity index (χ0) is 22.8. The number of hydrogen-bond acceptors (Lipinski definition) is 8. The predicted molar refractivity (Wildman–Crippen MR) is 121 cm³/mol. The van der Waals surface area contributed by atoms with E-state index in [1.54, 1.807) is 0 Å². The molecule has 0 radical (unpaired) electrons. The van der Waals surface area contributed by atoms with Gasteiger partial charge in [0, 0.05) is 23.9 Å². The van der Waals surface area contributed by atoms with E-state index in [0.717, 1.165) is 27.9 Å². The summed E-state index contributed by atoms with van der Waals surface area (Å²) in [7, 11) is 0. The highest BCUT2D eigenvalue weighted by Gasteiger charge is 2.19. The number of nitro groups is 1. The maximum absolute atomic E-state index is 11.3. The quantitative estimate of drug-likeness (QED) is 0.288. The Balaban J connectivity index is 1.40. The smallest absolute Gasteiger partial charge is 0.333 e. The van der Waals surface area contributed by atoms with Crippen molar-refractivity contribution in [3.63, 3.8) is 0 Å². The maximum atomic E-state index is 11.3. The molecular formula is C22H19N9O2. The average Bonchev–Trinajstić information content (AvgIpc) is 3.53. The molecule has 0 aliphatic heterocycles. The highest BCUT2D eigenvalue weighted by molar-refractivity contribution is 5.80. The van der Waals surface area contributed by atoms with Crippen LogP contribution in [0.1, 0.15) is 18.2 Å². The van der Waals surface area contributed by atoms with Gasteiger partial charge in [-0.15, -0.1) is 5.10 Å². The molecule has 0 spiro atoms. The SMILES string of the molecule is CCc1cc(NCc2ccc(-c3ccccc3-c3nnn[nH]3)cc2)n2ncc([N+](=O)[O-])c2n1. The predicted octanol–water partition coefficient (Wildman–Crippen LogP) is 3.66. The first-order valence-electron chi connectivity index (χ1n) is 10.3. The number of benzene rings is 2. The van der Waals surface area contributed by atoms with Gasteiger partial charge in [-0.2, -0.15) is 9.61 Å². The highest BCUT2D eigenvalue weighted by Crippen LogP contribution is 2.30. The lowest BCUT2D eigenvalue weighted by atomic mass is 9.98. The van der Waals surface area contributed by atoms with E-state index in [0.29, 0.717) is 24.6 Å². The van der Waals surface area contributed by atoms with E-state index in [1.807, 2.05) is 61.5 Å². The molecule has 33 heavy (non-hydrogen) atoms. The van der Waals surface area contributed by atoms with Gasteiger partial charge < -0.3 is 5.32 Å². The van der Waals surface area contributed by atoms with Gasteiger partial charge in [-0.05, 0) is 33.5 Å². The van der Waals surface area contributed by atoms with Gasteiger partial charge in [-0.25, -0.2) is 10.1 Å². The standard InChI is InChI=1S/C22H19N9O2/c1-2-16-11-20(30-22(25-16)19(13-24-30)31(32)33)23-12-14-7-9-15(10-8-14)17-5-3-4-6-18(17)21-26-28-29-27-21/h3-11,13,23H,2,12H2,1H3,(H,26,27,28,29). The minimum Gasteiger partial charge on any atom is -0.366 e. The number of aryl methyl sites for hydroxylation is 1. The average molecular weight is 441 g/mol. The molecule has 11 nitrogen and oxygen atoms in total. The van der Waals surface area contributed by atoms with Gasteiger partial charge in [0.25, 0.3) is 0 Å². The summed E-state index contributed by atoms with van der Waals surface area (Å²) in [5.41, 5.74) is 4.88. The van der Waals surface area contributed by atoms with Crippen LogP contribution in [0.15, 0.2) is 60.8 Å². The number of rotatable bonds is 7. The Morgan fingerprint density at radius 3 is 2.61 bits per heavy atom. The lowest BCUT2D eigenvalue weighted by Gasteiger charge is -2.11. The Hall–Kier alpha value is -4.67. The van der Waals surface area contributed by atoms with Crippen molar-refractivity contribution in [3.8, 4) is 22.5 Å². The summed E-state index contributed by atoms with van der Waals surface area (Å²) in [6, 6.07) is 17.9. The molecule has 0 aliphatic carbocycles. The maximum Gasteiger partial charge on any atom is 0.333 e. The molecule has 0 unspecified atom stereocenters. The second kappa shape index (κ2) is 8.46. The van der Waals surface area contributed by atoms with E-state index in [4.69, 9.17) is 0 Å². The van der Waals surface area contributed by atoms with Crippen molar-refractivity contribution in [3.05, 3.63) is 82.2 Å². The minimum absolute atomic E-state index is 0.113. The van der Waals surface area contributed by atoms with Crippen LogP contribution < -0.4 is 5.32 Å². The first-order chi connectivity index (χ1) is 16.1. The lowest BCUT2D eigenvalue weighted by molar-refractivity contribution is -0.383. The lowest BCUT2D eigenvalue weighted by Crippen LogP contribution is -2.07. The molecule has 3 aromatic heterocycles. The van der Waals surface area contributed by atoms with Crippen LogP contribution >= 0.6 is 0 Å². The van der Waals surface area contributed by atoms with Gasteiger partial charge in [0.2, 0.25) is 5.65 Å². The topological polar surface area (TPSA) is 140 Å². The molecule has 2 N–H and O–H groups in total. The summed E-state index contributed by atoms with van der Waals surface area (Å²) in [6.45, 7) is 2.47. The number of nitrogens with zero attached hydrogens (tertiary/aromatic N) is 7. The van der Waals surface area contributed by atoms with Crippen LogP contribution in [0.3, 0.4) is 0 Å². The van der Waals surface area contributed by atoms with Crippen molar-refractivity contribution in [2.75, 3.05) is 5.32 Å². The Morgan fingerprint density at radius 1 is 1.12 bits per heavy atom. The Labute approximate surface area is 187 Å². The fourth-order valence-corrected chi connectivity index (χ4v) is 3.65. The van der Waals surface area contributed by atoms with E-state index in [9.17, 15) is 10.1 Å². The van der Waals surface area contributed by atoms with Crippen molar-refractivity contribution >= 4 is 17.2 Å². The molecule has 0 saturated heterocycles. The molecule has 0 aliphatic rings. The summed E-state index contributed by atoms with van der Waals surface area (Å²) in [4.78, 5) is 15.2. The number of aromatic amines is 1. The molecule has 3 heterocycles. The van der Waals surface area contributed by atoms with E-state index in [1.165, 1.54) is 10.7 Å². The summed E-state index contributed by atoms with van der Waals surface area (Å²) in [5, 5.41) is 32.9. The van der Waals surface area contributed by atoms with Crippen LogP contribution in [-0.4, -0.2) is 40.1 Å². The monoisotopic (exact) mass is 441 g/mol. The zero-order valence-electron chi connectivity index (χ0n) is 17.6. The second-order valence-electron chi connectivity index (χ2n) is 7.35. The number of H-pyrrole nitrogens is 1. The molecule has 2 aromatic carbocycles. The molecule has 164 valence electrons. The fraction of sp³-hybridized carbons (Fsp3) is 0.136. The summed E-state index contributed by atoms with van der Waals surface area (Å²) >= 11 is 0. The number of tetrazole rings is 1. The van der Waals surface area contributed by atoms with Crippen LogP contribution in [-0.2, 0) is 13.0 Å². The molecule has 0 bridgehead atoms. The first-order valence-corrected chi connectivity index (χ1v) is 10.3. The van der Waals surface area contributed by atoms with Gasteiger partial charge in [-0.1, -0.05) is 55.5 Å². The number of fused-ring (bicyclic) bond motifs is 1. The van der Waals surface area contributed by atoms with Gasteiger partial charge in [-0.3, -0.25) is 10.1 Å². The molecule has 5 aromatic rings. The van der Waals surface area contributed by atoms with Gasteiger partial charge in [0.15, 0.2) is 5.82 Å².